The standard InChI is InChI=1S/C13H15IN2S/c1-2-3-11(15)13-16-12(8-17-13)9-4-6-10(14)7-5-9/h4-8,11H,2-3,15H2,1H3. The van der Waals surface area contributed by atoms with Gasteiger partial charge in [-0.25, -0.2) is 4.98 Å². The van der Waals surface area contributed by atoms with Crippen LogP contribution in [0.4, 0.5) is 0 Å². The van der Waals surface area contributed by atoms with Gasteiger partial charge in [0, 0.05) is 14.5 Å². The summed E-state index contributed by atoms with van der Waals surface area (Å²) in [4.78, 5) is 4.62. The number of nitrogens with zero attached hydrogens (tertiary/aromatic N) is 1. The number of rotatable bonds is 4. The van der Waals surface area contributed by atoms with Gasteiger partial charge in [-0.1, -0.05) is 25.5 Å². The van der Waals surface area contributed by atoms with Crippen molar-refractivity contribution in [2.45, 2.75) is 25.8 Å². The Kier molecular flexibility index (Phi) is 4.53. The summed E-state index contributed by atoms with van der Waals surface area (Å²) >= 11 is 3.96. The van der Waals surface area contributed by atoms with Gasteiger partial charge in [0.15, 0.2) is 0 Å². The van der Waals surface area contributed by atoms with Crippen molar-refractivity contribution in [2.75, 3.05) is 0 Å². The second-order valence-corrected chi connectivity index (χ2v) is 6.11. The van der Waals surface area contributed by atoms with Gasteiger partial charge in [-0.3, -0.25) is 0 Å². The van der Waals surface area contributed by atoms with Crippen molar-refractivity contribution < 1.29 is 0 Å². The lowest BCUT2D eigenvalue weighted by molar-refractivity contribution is 0.635. The quantitative estimate of drug-likeness (QED) is 0.832. The van der Waals surface area contributed by atoms with Crippen molar-refractivity contribution in [3.05, 3.63) is 38.2 Å². The summed E-state index contributed by atoms with van der Waals surface area (Å²) in [6, 6.07) is 8.49. The molecule has 0 aliphatic rings. The summed E-state index contributed by atoms with van der Waals surface area (Å²) < 4.78 is 1.24. The lowest BCUT2D eigenvalue weighted by Crippen LogP contribution is -2.09. The first-order chi connectivity index (χ1) is 8.20. The summed E-state index contributed by atoms with van der Waals surface area (Å²) in [7, 11) is 0. The minimum atomic E-state index is 0.0857. The molecule has 0 amide bonds. The average molecular weight is 358 g/mol. The van der Waals surface area contributed by atoms with Crippen molar-refractivity contribution in [1.29, 1.82) is 0 Å². The van der Waals surface area contributed by atoms with Gasteiger partial charge < -0.3 is 5.73 Å². The Labute approximate surface area is 119 Å². The predicted octanol–water partition coefficient (Wildman–Crippen LogP) is 4.21. The van der Waals surface area contributed by atoms with E-state index in [9.17, 15) is 0 Å². The van der Waals surface area contributed by atoms with Crippen LogP contribution in [0.15, 0.2) is 29.6 Å². The molecule has 17 heavy (non-hydrogen) atoms. The number of hydrogen-bond acceptors (Lipinski definition) is 3. The highest BCUT2D eigenvalue weighted by molar-refractivity contribution is 14.1. The molecule has 1 aromatic carbocycles. The molecule has 0 aliphatic carbocycles. The maximum atomic E-state index is 6.07. The predicted molar refractivity (Wildman–Crippen MR) is 82.1 cm³/mol. The van der Waals surface area contributed by atoms with Crippen molar-refractivity contribution in [1.82, 2.24) is 4.98 Å². The number of thiazole rings is 1. The minimum absolute atomic E-state index is 0.0857. The SMILES string of the molecule is CCCC(N)c1nc(-c2ccc(I)cc2)cs1. The van der Waals surface area contributed by atoms with E-state index in [4.69, 9.17) is 5.73 Å². The van der Waals surface area contributed by atoms with Crippen molar-refractivity contribution in [2.24, 2.45) is 5.73 Å². The molecular weight excluding hydrogens is 343 g/mol. The van der Waals surface area contributed by atoms with Gasteiger partial charge in [-0.2, -0.15) is 0 Å². The largest absolute Gasteiger partial charge is 0.322 e. The molecule has 0 saturated carbocycles. The van der Waals surface area contributed by atoms with Crippen molar-refractivity contribution in [3.63, 3.8) is 0 Å². The molecule has 0 fully saturated rings. The molecule has 2 aromatic rings. The highest BCUT2D eigenvalue weighted by Crippen LogP contribution is 2.26. The van der Waals surface area contributed by atoms with Gasteiger partial charge in [0.05, 0.1) is 11.7 Å². The molecular formula is C13H15IN2S. The molecule has 90 valence electrons. The van der Waals surface area contributed by atoms with Crippen LogP contribution >= 0.6 is 33.9 Å². The van der Waals surface area contributed by atoms with Gasteiger partial charge in [-0.15, -0.1) is 11.3 Å². The second-order valence-electron chi connectivity index (χ2n) is 3.97. The topological polar surface area (TPSA) is 38.9 Å². The summed E-state index contributed by atoms with van der Waals surface area (Å²) in [6.45, 7) is 2.15. The monoisotopic (exact) mass is 358 g/mol. The molecule has 1 aromatic heterocycles. The second kappa shape index (κ2) is 5.93. The van der Waals surface area contributed by atoms with Crippen molar-refractivity contribution in [3.8, 4) is 11.3 Å². The fourth-order valence-electron chi connectivity index (χ4n) is 1.65. The maximum Gasteiger partial charge on any atom is 0.110 e. The molecule has 0 aliphatic heterocycles. The molecule has 1 heterocycles. The maximum absolute atomic E-state index is 6.07. The Bertz CT molecular complexity index is 478. The summed E-state index contributed by atoms with van der Waals surface area (Å²) in [5.74, 6) is 0. The van der Waals surface area contributed by atoms with Gasteiger partial charge in [0.2, 0.25) is 0 Å². The fraction of sp³-hybridized carbons (Fsp3) is 0.308. The average Bonchev–Trinajstić information content (AvgIpc) is 2.80. The van der Waals surface area contributed by atoms with E-state index in [0.717, 1.165) is 29.1 Å². The normalized spacial score (nSPS) is 12.6. The Balaban J connectivity index is 2.20. The molecule has 0 spiro atoms. The molecule has 0 bridgehead atoms. The van der Waals surface area contributed by atoms with Crippen LogP contribution in [0.2, 0.25) is 0 Å². The van der Waals surface area contributed by atoms with Gasteiger partial charge in [-0.05, 0) is 41.1 Å². The van der Waals surface area contributed by atoms with Crippen LogP contribution in [-0.2, 0) is 0 Å². The van der Waals surface area contributed by atoms with E-state index in [0.29, 0.717) is 0 Å². The molecule has 0 radical (unpaired) electrons. The zero-order valence-electron chi connectivity index (χ0n) is 9.69. The molecule has 1 atom stereocenters. The summed E-state index contributed by atoms with van der Waals surface area (Å²) in [5, 5.41) is 3.13. The molecule has 2 nitrogen and oxygen atoms in total. The Hall–Kier alpha value is -0.460. The van der Waals surface area contributed by atoms with Crippen LogP contribution in [0.25, 0.3) is 11.3 Å². The number of benzene rings is 1. The van der Waals surface area contributed by atoms with E-state index in [1.165, 1.54) is 3.57 Å². The van der Waals surface area contributed by atoms with Crippen LogP contribution in [0, 0.1) is 3.57 Å². The van der Waals surface area contributed by atoms with Crippen LogP contribution < -0.4 is 5.73 Å². The highest BCUT2D eigenvalue weighted by Gasteiger charge is 2.10. The third-order valence-corrected chi connectivity index (χ3v) is 4.27. The summed E-state index contributed by atoms with van der Waals surface area (Å²) in [6.07, 6.45) is 2.10. The highest BCUT2D eigenvalue weighted by atomic mass is 127. The zero-order chi connectivity index (χ0) is 12.3. The van der Waals surface area contributed by atoms with Crippen molar-refractivity contribution >= 4 is 33.9 Å². The fourth-order valence-corrected chi connectivity index (χ4v) is 2.87. The number of hydrogen-bond donors (Lipinski definition) is 1. The zero-order valence-corrected chi connectivity index (χ0v) is 12.7. The lowest BCUT2D eigenvalue weighted by Gasteiger charge is -2.05. The molecule has 1 unspecified atom stereocenters. The number of aromatic nitrogens is 1. The van der Waals surface area contributed by atoms with E-state index in [-0.39, 0.29) is 6.04 Å². The van der Waals surface area contributed by atoms with E-state index < -0.39 is 0 Å². The number of halogens is 1. The number of nitrogens with two attached hydrogens (primary N) is 1. The molecule has 4 heteroatoms. The van der Waals surface area contributed by atoms with E-state index in [1.54, 1.807) is 11.3 Å². The Morgan fingerprint density at radius 3 is 2.71 bits per heavy atom. The molecule has 2 N–H and O–H groups in total. The smallest absolute Gasteiger partial charge is 0.110 e. The van der Waals surface area contributed by atoms with E-state index >= 15 is 0 Å². The Morgan fingerprint density at radius 2 is 2.06 bits per heavy atom. The van der Waals surface area contributed by atoms with Crippen LogP contribution in [0.1, 0.15) is 30.8 Å². The van der Waals surface area contributed by atoms with Gasteiger partial charge in [0.1, 0.15) is 5.01 Å². The summed E-state index contributed by atoms with van der Waals surface area (Å²) in [5.41, 5.74) is 8.27. The van der Waals surface area contributed by atoms with E-state index in [1.807, 2.05) is 0 Å². The first-order valence-electron chi connectivity index (χ1n) is 5.67. The first-order valence-corrected chi connectivity index (χ1v) is 7.63. The van der Waals surface area contributed by atoms with E-state index in [2.05, 4.69) is 64.1 Å². The van der Waals surface area contributed by atoms with Crippen LogP contribution in [-0.4, -0.2) is 4.98 Å². The minimum Gasteiger partial charge on any atom is -0.322 e. The first kappa shape index (κ1) is 13.0. The lowest BCUT2D eigenvalue weighted by atomic mass is 10.1. The van der Waals surface area contributed by atoms with Gasteiger partial charge in [0.25, 0.3) is 0 Å². The Morgan fingerprint density at radius 1 is 1.35 bits per heavy atom. The third-order valence-electron chi connectivity index (χ3n) is 2.58. The molecule has 0 saturated heterocycles. The van der Waals surface area contributed by atoms with Crippen LogP contribution in [0.5, 0.6) is 0 Å². The van der Waals surface area contributed by atoms with Gasteiger partial charge >= 0.3 is 0 Å². The third kappa shape index (κ3) is 3.26. The van der Waals surface area contributed by atoms with Crippen LogP contribution in [0.3, 0.4) is 0 Å². The molecule has 2 rings (SSSR count).